The summed E-state index contributed by atoms with van der Waals surface area (Å²) in [6.45, 7) is 4.83. The number of rotatable bonds is 4. The summed E-state index contributed by atoms with van der Waals surface area (Å²) in [6, 6.07) is 0. The van der Waals surface area contributed by atoms with Gasteiger partial charge in [-0.3, -0.25) is 4.79 Å². The van der Waals surface area contributed by atoms with Crippen LogP contribution in [-0.2, 0) is 19.6 Å². The zero-order valence-electron chi connectivity index (χ0n) is 12.5. The number of nitrogens with zero attached hydrogens (tertiary/aromatic N) is 2. The van der Waals surface area contributed by atoms with E-state index in [1.54, 1.807) is 7.05 Å². The van der Waals surface area contributed by atoms with Gasteiger partial charge in [-0.1, -0.05) is 0 Å². The summed E-state index contributed by atoms with van der Waals surface area (Å²) >= 11 is 0. The predicted octanol–water partition coefficient (Wildman–Crippen LogP) is 0.153. The number of carbonyl (C=O) groups is 1. The van der Waals surface area contributed by atoms with Gasteiger partial charge < -0.3 is 9.64 Å². The third kappa shape index (κ3) is 3.32. The Bertz CT molecular complexity index is 473. The van der Waals surface area contributed by atoms with E-state index in [1.807, 2.05) is 11.8 Å². The van der Waals surface area contributed by atoms with Gasteiger partial charge in [0.15, 0.2) is 0 Å². The number of likely N-dealkylation sites (tertiary alicyclic amines) is 1. The highest BCUT2D eigenvalue weighted by Gasteiger charge is 2.44. The molecule has 0 spiro atoms. The van der Waals surface area contributed by atoms with Gasteiger partial charge >= 0.3 is 0 Å². The van der Waals surface area contributed by atoms with Crippen LogP contribution in [0.15, 0.2) is 0 Å². The van der Waals surface area contributed by atoms with Crippen LogP contribution in [0.1, 0.15) is 19.8 Å². The van der Waals surface area contributed by atoms with Crippen molar-refractivity contribution in [2.45, 2.75) is 19.8 Å². The van der Waals surface area contributed by atoms with Crippen LogP contribution in [-0.4, -0.2) is 69.7 Å². The van der Waals surface area contributed by atoms with E-state index in [1.165, 1.54) is 10.6 Å². The first-order valence-electron chi connectivity index (χ1n) is 7.01. The lowest BCUT2D eigenvalue weighted by Gasteiger charge is -2.43. The van der Waals surface area contributed by atoms with E-state index in [0.29, 0.717) is 26.3 Å². The van der Waals surface area contributed by atoms with E-state index in [4.69, 9.17) is 4.74 Å². The first kappa shape index (κ1) is 15.7. The molecule has 0 aliphatic carbocycles. The standard InChI is InChI=1S/C13H24N2O4S/c1-13(9-19-10-13)12(16)15-6-4-5-11(8-15)7-14(2)20(3,17)18/h11H,4-10H2,1-3H3. The Hall–Kier alpha value is -0.660. The third-order valence-corrected chi connectivity index (χ3v) is 5.53. The van der Waals surface area contributed by atoms with Gasteiger partial charge in [0, 0.05) is 26.7 Å². The van der Waals surface area contributed by atoms with Crippen molar-refractivity contribution in [3.05, 3.63) is 0 Å². The molecule has 1 atom stereocenters. The van der Waals surface area contributed by atoms with E-state index in [0.717, 1.165) is 19.4 Å². The number of amides is 1. The molecule has 0 saturated carbocycles. The summed E-state index contributed by atoms with van der Waals surface area (Å²) in [4.78, 5) is 14.3. The average molecular weight is 304 g/mol. The van der Waals surface area contributed by atoms with Crippen LogP contribution in [0.2, 0.25) is 0 Å². The molecule has 0 aromatic rings. The maximum absolute atomic E-state index is 12.4. The molecule has 7 heteroatoms. The van der Waals surface area contributed by atoms with Gasteiger partial charge in [-0.2, -0.15) is 0 Å². The first-order chi connectivity index (χ1) is 9.22. The minimum absolute atomic E-state index is 0.149. The van der Waals surface area contributed by atoms with Crippen molar-refractivity contribution in [2.24, 2.45) is 11.3 Å². The Labute approximate surface area is 121 Å². The molecule has 0 N–H and O–H groups in total. The topological polar surface area (TPSA) is 66.9 Å². The van der Waals surface area contributed by atoms with Gasteiger partial charge in [0.05, 0.1) is 24.9 Å². The van der Waals surface area contributed by atoms with E-state index in [9.17, 15) is 13.2 Å². The highest BCUT2D eigenvalue weighted by atomic mass is 32.2. The van der Waals surface area contributed by atoms with Crippen LogP contribution >= 0.6 is 0 Å². The largest absolute Gasteiger partial charge is 0.379 e. The molecular formula is C13H24N2O4S. The SMILES string of the molecule is CN(CC1CCCN(C(=O)C2(C)COC2)C1)S(C)(=O)=O. The van der Waals surface area contributed by atoms with E-state index in [-0.39, 0.29) is 17.2 Å². The summed E-state index contributed by atoms with van der Waals surface area (Å²) in [5, 5.41) is 0. The predicted molar refractivity (Wildman–Crippen MR) is 75.7 cm³/mol. The summed E-state index contributed by atoms with van der Waals surface area (Å²) in [7, 11) is -1.56. The molecule has 2 saturated heterocycles. The first-order valence-corrected chi connectivity index (χ1v) is 8.86. The van der Waals surface area contributed by atoms with Crippen molar-refractivity contribution in [3.8, 4) is 0 Å². The molecule has 20 heavy (non-hydrogen) atoms. The molecule has 0 bridgehead atoms. The molecule has 0 aromatic carbocycles. The molecule has 1 amide bonds. The fraction of sp³-hybridized carbons (Fsp3) is 0.923. The summed E-state index contributed by atoms with van der Waals surface area (Å²) in [5.41, 5.74) is -0.370. The molecule has 1 unspecified atom stereocenters. The molecule has 0 aromatic heterocycles. The van der Waals surface area contributed by atoms with Crippen LogP contribution in [0.5, 0.6) is 0 Å². The second-order valence-corrected chi connectivity index (χ2v) is 8.45. The molecule has 2 heterocycles. The van der Waals surface area contributed by atoms with Crippen molar-refractivity contribution in [2.75, 3.05) is 46.2 Å². The number of ether oxygens (including phenoxy) is 1. The number of hydrogen-bond acceptors (Lipinski definition) is 4. The average Bonchev–Trinajstić information content (AvgIpc) is 2.34. The Morgan fingerprint density at radius 1 is 1.45 bits per heavy atom. The highest BCUT2D eigenvalue weighted by Crippen LogP contribution is 2.31. The van der Waals surface area contributed by atoms with Crippen molar-refractivity contribution >= 4 is 15.9 Å². The fourth-order valence-electron chi connectivity index (χ4n) is 2.81. The third-order valence-electron chi connectivity index (χ3n) is 4.25. The maximum Gasteiger partial charge on any atom is 0.233 e. The maximum atomic E-state index is 12.4. The van der Waals surface area contributed by atoms with Gasteiger partial charge in [0.25, 0.3) is 0 Å². The molecule has 6 nitrogen and oxygen atoms in total. The molecular weight excluding hydrogens is 280 g/mol. The Morgan fingerprint density at radius 2 is 2.10 bits per heavy atom. The Morgan fingerprint density at radius 3 is 2.60 bits per heavy atom. The van der Waals surface area contributed by atoms with Crippen molar-refractivity contribution < 1.29 is 17.9 Å². The molecule has 2 rings (SSSR count). The summed E-state index contributed by atoms with van der Waals surface area (Å²) < 4.78 is 29.5. The van der Waals surface area contributed by atoms with Crippen LogP contribution in [0.3, 0.4) is 0 Å². The lowest BCUT2D eigenvalue weighted by molar-refractivity contribution is -0.170. The molecule has 2 aliphatic heterocycles. The minimum atomic E-state index is -3.15. The smallest absolute Gasteiger partial charge is 0.233 e. The highest BCUT2D eigenvalue weighted by molar-refractivity contribution is 7.88. The molecule has 0 radical (unpaired) electrons. The lowest BCUT2D eigenvalue weighted by Crippen LogP contribution is -2.56. The summed E-state index contributed by atoms with van der Waals surface area (Å²) in [5.74, 6) is 0.368. The minimum Gasteiger partial charge on any atom is -0.379 e. The molecule has 116 valence electrons. The van der Waals surface area contributed by atoms with E-state index < -0.39 is 10.0 Å². The molecule has 2 fully saturated rings. The van der Waals surface area contributed by atoms with Gasteiger partial charge in [0.2, 0.25) is 15.9 Å². The van der Waals surface area contributed by atoms with Crippen LogP contribution in [0.4, 0.5) is 0 Å². The van der Waals surface area contributed by atoms with Gasteiger partial charge in [-0.05, 0) is 25.7 Å². The monoisotopic (exact) mass is 304 g/mol. The van der Waals surface area contributed by atoms with Crippen LogP contribution in [0.25, 0.3) is 0 Å². The zero-order valence-corrected chi connectivity index (χ0v) is 13.3. The van der Waals surface area contributed by atoms with Gasteiger partial charge in [-0.25, -0.2) is 12.7 Å². The van der Waals surface area contributed by atoms with Crippen molar-refractivity contribution in [1.29, 1.82) is 0 Å². The van der Waals surface area contributed by atoms with Gasteiger partial charge in [0.1, 0.15) is 0 Å². The number of hydrogen-bond donors (Lipinski definition) is 0. The number of piperidine rings is 1. The summed E-state index contributed by atoms with van der Waals surface area (Å²) in [6.07, 6.45) is 3.12. The van der Waals surface area contributed by atoms with Crippen LogP contribution < -0.4 is 0 Å². The normalized spacial score (nSPS) is 26.4. The number of carbonyl (C=O) groups excluding carboxylic acids is 1. The second-order valence-electron chi connectivity index (χ2n) is 6.36. The van der Waals surface area contributed by atoms with Crippen LogP contribution in [0, 0.1) is 11.3 Å². The fourth-order valence-corrected chi connectivity index (χ4v) is 3.29. The lowest BCUT2D eigenvalue weighted by atomic mass is 9.85. The van der Waals surface area contributed by atoms with Gasteiger partial charge in [-0.15, -0.1) is 0 Å². The van der Waals surface area contributed by atoms with E-state index >= 15 is 0 Å². The number of sulfonamides is 1. The van der Waals surface area contributed by atoms with Crippen molar-refractivity contribution in [3.63, 3.8) is 0 Å². The quantitative estimate of drug-likeness (QED) is 0.742. The molecule has 2 aliphatic rings. The second kappa shape index (κ2) is 5.61. The Balaban J connectivity index is 1.93. The Kier molecular flexibility index (Phi) is 4.41. The van der Waals surface area contributed by atoms with E-state index in [2.05, 4.69) is 0 Å². The zero-order chi connectivity index (χ0) is 15.0. The van der Waals surface area contributed by atoms with Crippen molar-refractivity contribution in [1.82, 2.24) is 9.21 Å².